The Morgan fingerprint density at radius 3 is 2.00 bits per heavy atom. The number of sulfonamides is 1. The third-order valence-corrected chi connectivity index (χ3v) is 2.12. The van der Waals surface area contributed by atoms with E-state index in [1.165, 1.54) is 0 Å². The average molecular weight is 150 g/mol. The highest BCUT2D eigenvalue weighted by atomic mass is 32.2. The van der Waals surface area contributed by atoms with Gasteiger partial charge < -0.3 is 0 Å². The number of hydrogen-bond acceptors (Lipinski definition) is 3. The zero-order valence-electron chi connectivity index (χ0n) is 5.07. The molecular weight excluding hydrogens is 142 g/mol. The van der Waals surface area contributed by atoms with Crippen LogP contribution in [-0.2, 0) is 10.0 Å². The quantitative estimate of drug-likeness (QED) is 0.516. The molecule has 0 N–H and O–H groups in total. The molecule has 0 unspecified atom stereocenters. The molecule has 0 amide bonds. The summed E-state index contributed by atoms with van der Waals surface area (Å²) in [5.74, 6) is 0. The Hall–Kier alpha value is -0.450. The van der Waals surface area contributed by atoms with Gasteiger partial charge in [0, 0.05) is 17.7 Å². The van der Waals surface area contributed by atoms with Gasteiger partial charge in [-0.15, -0.1) is 0 Å². The van der Waals surface area contributed by atoms with Gasteiger partial charge in [0.2, 0.25) is 6.04 Å². The minimum Gasteiger partial charge on any atom is -0.160 e. The minimum atomic E-state index is -3.46. The van der Waals surface area contributed by atoms with Gasteiger partial charge in [0.1, 0.15) is 10.4 Å². The van der Waals surface area contributed by atoms with Crippen molar-refractivity contribution in [3.8, 4) is 0 Å². The molecule has 0 aromatic rings. The predicted molar refractivity (Wildman–Crippen MR) is 31.5 cm³/mol. The highest BCUT2D eigenvalue weighted by molar-refractivity contribution is 7.84. The fourth-order valence-corrected chi connectivity index (χ4v) is 1.31. The van der Waals surface area contributed by atoms with Crippen LogP contribution in [0, 0.1) is 4.91 Å². The van der Waals surface area contributed by atoms with Crippen LogP contribution in [0.1, 0.15) is 12.8 Å². The van der Waals surface area contributed by atoms with Crippen LogP contribution in [0.25, 0.3) is 0 Å². The number of nitroso groups, excluding NO2 is 1. The summed E-state index contributed by atoms with van der Waals surface area (Å²) in [5, 5.41) is 0. The zero-order valence-corrected chi connectivity index (χ0v) is 5.89. The molecule has 1 rings (SSSR count). The van der Waals surface area contributed by atoms with Gasteiger partial charge in [-0.05, 0) is 0 Å². The third kappa shape index (κ3) is 1.48. The van der Waals surface area contributed by atoms with E-state index in [2.05, 4.69) is 0 Å². The summed E-state index contributed by atoms with van der Waals surface area (Å²) in [6.45, 7) is 0. The fraction of sp³-hybridized carbons (Fsp3) is 1.00. The molecule has 9 heavy (non-hydrogen) atoms. The summed E-state index contributed by atoms with van der Waals surface area (Å²) in [7, 11) is -3.46. The van der Waals surface area contributed by atoms with Gasteiger partial charge in [-0.25, -0.2) is 0 Å². The molecule has 1 aliphatic rings. The largest absolute Gasteiger partial charge is 0.404 e. The molecule has 1 aliphatic carbocycles. The SMILES string of the molecule is CS(=O)(=O)[N+](=O)C1CC1. The monoisotopic (exact) mass is 150 g/mol. The van der Waals surface area contributed by atoms with Crippen LogP contribution in [0.5, 0.6) is 0 Å². The van der Waals surface area contributed by atoms with E-state index >= 15 is 0 Å². The highest BCUT2D eigenvalue weighted by Crippen LogP contribution is 2.24. The van der Waals surface area contributed by atoms with Gasteiger partial charge >= 0.3 is 10.0 Å². The number of nitrogens with zero attached hydrogens (tertiary/aromatic N) is 1. The lowest BCUT2D eigenvalue weighted by Gasteiger charge is -1.81. The first-order valence-electron chi connectivity index (χ1n) is 2.68. The molecule has 0 saturated heterocycles. The molecule has 52 valence electrons. The van der Waals surface area contributed by atoms with Crippen molar-refractivity contribution < 1.29 is 12.6 Å². The summed E-state index contributed by atoms with van der Waals surface area (Å²) in [5.41, 5.74) is 0. The highest BCUT2D eigenvalue weighted by Gasteiger charge is 2.43. The lowest BCUT2D eigenvalue weighted by molar-refractivity contribution is -0.404. The molecule has 0 heterocycles. The third-order valence-electron chi connectivity index (χ3n) is 1.17. The van der Waals surface area contributed by atoms with Crippen LogP contribution < -0.4 is 0 Å². The van der Waals surface area contributed by atoms with Gasteiger partial charge in [0.15, 0.2) is 0 Å². The average Bonchev–Trinajstić information content (AvgIpc) is 2.40. The van der Waals surface area contributed by atoms with Crippen molar-refractivity contribution in [2.24, 2.45) is 0 Å². The van der Waals surface area contributed by atoms with Crippen molar-refractivity contribution in [2.45, 2.75) is 18.9 Å². The first kappa shape index (κ1) is 6.67. The number of rotatable bonds is 2. The summed E-state index contributed by atoms with van der Waals surface area (Å²) in [6, 6.07) is -0.250. The Morgan fingerprint density at radius 1 is 1.44 bits per heavy atom. The lowest BCUT2D eigenvalue weighted by atomic mass is 10.8. The summed E-state index contributed by atoms with van der Waals surface area (Å²) in [6.07, 6.45) is 2.37. The van der Waals surface area contributed by atoms with E-state index in [0.717, 1.165) is 19.1 Å². The normalized spacial score (nSPS) is 19.7. The molecule has 0 atom stereocenters. The van der Waals surface area contributed by atoms with Crippen LogP contribution in [0.2, 0.25) is 0 Å². The van der Waals surface area contributed by atoms with Crippen molar-refractivity contribution in [3.63, 3.8) is 0 Å². The van der Waals surface area contributed by atoms with Gasteiger partial charge in [-0.3, -0.25) is 0 Å². The molecular formula is C4H8NO3S+. The van der Waals surface area contributed by atoms with Gasteiger partial charge in [-0.1, -0.05) is 0 Å². The second-order valence-electron chi connectivity index (χ2n) is 2.25. The Bertz CT molecular complexity index is 226. The van der Waals surface area contributed by atoms with Crippen LogP contribution in [0.4, 0.5) is 0 Å². The van der Waals surface area contributed by atoms with Crippen molar-refractivity contribution in [1.29, 1.82) is 0 Å². The van der Waals surface area contributed by atoms with Gasteiger partial charge in [0.25, 0.3) is 0 Å². The molecule has 5 heteroatoms. The van der Waals surface area contributed by atoms with E-state index in [1.54, 1.807) is 0 Å². The van der Waals surface area contributed by atoms with Crippen LogP contribution in [0.15, 0.2) is 0 Å². The molecule has 1 saturated carbocycles. The second-order valence-corrected chi connectivity index (χ2v) is 4.08. The predicted octanol–water partition coefficient (Wildman–Crippen LogP) is -0.113. The Kier molecular flexibility index (Phi) is 1.31. The molecule has 1 fully saturated rings. The zero-order chi connectivity index (χ0) is 7.07. The second kappa shape index (κ2) is 1.76. The first-order valence-corrected chi connectivity index (χ1v) is 4.53. The van der Waals surface area contributed by atoms with Gasteiger partial charge in [-0.2, -0.15) is 8.42 Å². The lowest BCUT2D eigenvalue weighted by Crippen LogP contribution is -2.18. The van der Waals surface area contributed by atoms with E-state index < -0.39 is 10.0 Å². The summed E-state index contributed by atoms with van der Waals surface area (Å²) >= 11 is 0. The molecule has 0 spiro atoms. The Balaban J connectivity index is 2.73. The molecule has 0 aliphatic heterocycles. The minimum absolute atomic E-state index is 0.188. The van der Waals surface area contributed by atoms with E-state index in [4.69, 9.17) is 0 Å². The molecule has 0 bridgehead atoms. The first-order chi connectivity index (χ1) is 4.02. The molecule has 0 aromatic carbocycles. The number of hydrogen-bond donors (Lipinski definition) is 0. The van der Waals surface area contributed by atoms with E-state index in [9.17, 15) is 13.3 Å². The summed E-state index contributed by atoms with van der Waals surface area (Å²) < 4.78 is 21.0. The Morgan fingerprint density at radius 2 is 1.89 bits per heavy atom. The van der Waals surface area contributed by atoms with E-state index in [1.807, 2.05) is 0 Å². The van der Waals surface area contributed by atoms with Crippen molar-refractivity contribution in [3.05, 3.63) is 4.91 Å². The standard InChI is InChI=1S/C4H8NO3S/c1-9(7,8)5(6)4-2-3-4/h4H,2-3H2,1H3/q+1. The fourth-order valence-electron chi connectivity index (χ4n) is 0.556. The maximum atomic E-state index is 10.6. The Labute approximate surface area is 53.5 Å². The van der Waals surface area contributed by atoms with Crippen LogP contribution in [0.3, 0.4) is 0 Å². The van der Waals surface area contributed by atoms with Crippen molar-refractivity contribution in [1.82, 2.24) is 0 Å². The molecule has 0 radical (unpaired) electrons. The summed E-state index contributed by atoms with van der Waals surface area (Å²) in [4.78, 5) is 10.6. The van der Waals surface area contributed by atoms with Crippen molar-refractivity contribution in [2.75, 3.05) is 6.26 Å². The maximum Gasteiger partial charge on any atom is 0.404 e. The molecule has 0 aromatic heterocycles. The van der Waals surface area contributed by atoms with E-state index in [0.29, 0.717) is 0 Å². The topological polar surface area (TPSA) is 54.2 Å². The van der Waals surface area contributed by atoms with Crippen molar-refractivity contribution >= 4 is 10.0 Å². The van der Waals surface area contributed by atoms with E-state index in [-0.39, 0.29) is 10.2 Å². The van der Waals surface area contributed by atoms with Crippen LogP contribution >= 0.6 is 0 Å². The smallest absolute Gasteiger partial charge is 0.160 e. The molecule has 4 nitrogen and oxygen atoms in total. The van der Waals surface area contributed by atoms with Crippen LogP contribution in [-0.4, -0.2) is 24.9 Å². The van der Waals surface area contributed by atoms with Gasteiger partial charge in [0.05, 0.1) is 0 Å². The maximum absolute atomic E-state index is 10.6.